The molecule has 0 amide bonds. The van der Waals surface area contributed by atoms with Gasteiger partial charge in [0.2, 0.25) is 11.4 Å². The van der Waals surface area contributed by atoms with Crippen molar-refractivity contribution in [3.8, 4) is 0 Å². The minimum atomic E-state index is 0.707. The number of hydrogen-bond donors (Lipinski definition) is 0. The monoisotopic (exact) mass is 788 g/mol. The van der Waals surface area contributed by atoms with Gasteiger partial charge in [0, 0.05) is 97.0 Å². The van der Waals surface area contributed by atoms with E-state index in [1.165, 1.54) is 153 Å². The van der Waals surface area contributed by atoms with Crippen LogP contribution >= 0.6 is 0 Å². The zero-order valence-electron chi connectivity index (χ0n) is 36.1. The Morgan fingerprint density at radius 2 is 1.12 bits per heavy atom. The van der Waals surface area contributed by atoms with E-state index in [1.54, 1.807) is 11.1 Å². The molecule has 4 heterocycles. The first-order valence-electron chi connectivity index (χ1n) is 23.5. The quantitative estimate of drug-likeness (QED) is 0.191. The molecule has 60 heavy (non-hydrogen) atoms. The maximum atomic E-state index is 2.67. The van der Waals surface area contributed by atoms with Crippen LogP contribution in [-0.2, 0) is 32.1 Å². The predicted octanol–water partition coefficient (Wildman–Crippen LogP) is 11.6. The highest BCUT2D eigenvalue weighted by atomic mass is 15.2. The number of nitrogens with zero attached hydrogens (tertiary/aromatic N) is 4. The fourth-order valence-electron chi connectivity index (χ4n) is 12.5. The predicted molar refractivity (Wildman–Crippen MR) is 248 cm³/mol. The van der Waals surface area contributed by atoms with Crippen molar-refractivity contribution in [2.24, 2.45) is 11.8 Å². The average molecular weight is 789 g/mol. The molecule has 4 aliphatic heterocycles. The molecule has 0 N–H and O–H groups in total. The summed E-state index contributed by atoms with van der Waals surface area (Å²) in [4.78, 5) is 5.29. The summed E-state index contributed by atoms with van der Waals surface area (Å²) in [6, 6.07) is 26.5. The topological polar surface area (TPSA) is 12.5 Å². The average Bonchev–Trinajstić information content (AvgIpc) is 4.08. The normalized spacial score (nSPS) is 25.2. The van der Waals surface area contributed by atoms with Crippen LogP contribution in [-0.4, -0.2) is 46.8 Å². The van der Waals surface area contributed by atoms with Gasteiger partial charge in [-0.1, -0.05) is 42.0 Å². The molecule has 4 nitrogen and oxygen atoms in total. The first-order valence-corrected chi connectivity index (χ1v) is 23.5. The summed E-state index contributed by atoms with van der Waals surface area (Å²) in [6.07, 6.45) is 25.8. The Kier molecular flexibility index (Phi) is 8.83. The van der Waals surface area contributed by atoms with Gasteiger partial charge in [0.25, 0.3) is 0 Å². The molecule has 8 aliphatic rings. The minimum Gasteiger partial charge on any atom is -0.345 e. The molecule has 4 aromatic rings. The highest BCUT2D eigenvalue weighted by molar-refractivity contribution is 5.95. The van der Waals surface area contributed by atoms with Gasteiger partial charge in [-0.3, -0.25) is 0 Å². The molecule has 0 radical (unpaired) electrons. The molecule has 302 valence electrons. The first kappa shape index (κ1) is 36.6. The van der Waals surface area contributed by atoms with Crippen molar-refractivity contribution in [1.82, 2.24) is 0 Å². The van der Waals surface area contributed by atoms with Gasteiger partial charge in [-0.05, 0) is 165 Å². The number of anilines is 2. The third kappa shape index (κ3) is 6.31. The van der Waals surface area contributed by atoms with Gasteiger partial charge in [-0.2, -0.15) is 9.15 Å². The van der Waals surface area contributed by atoms with Crippen molar-refractivity contribution in [3.63, 3.8) is 0 Å². The van der Waals surface area contributed by atoms with Crippen LogP contribution < -0.4 is 9.80 Å². The lowest BCUT2D eigenvalue weighted by Crippen LogP contribution is -2.27. The van der Waals surface area contributed by atoms with Crippen LogP contribution in [0.4, 0.5) is 22.7 Å². The number of benzene rings is 4. The summed E-state index contributed by atoms with van der Waals surface area (Å²) in [5, 5.41) is 0. The van der Waals surface area contributed by atoms with E-state index in [4.69, 9.17) is 0 Å². The van der Waals surface area contributed by atoms with Gasteiger partial charge < -0.3 is 9.80 Å². The van der Waals surface area contributed by atoms with Crippen molar-refractivity contribution in [2.45, 2.75) is 104 Å². The Labute approximate surface area is 357 Å². The lowest BCUT2D eigenvalue weighted by atomic mass is 9.79. The molecule has 0 fully saturated rings. The molecule has 12 rings (SSSR count). The smallest absolute Gasteiger partial charge is 0.209 e. The fourth-order valence-corrected chi connectivity index (χ4v) is 12.5. The van der Waals surface area contributed by atoms with Gasteiger partial charge >= 0.3 is 0 Å². The Bertz CT molecular complexity index is 2690. The lowest BCUT2D eigenvalue weighted by molar-refractivity contribution is -0.430. The fraction of sp³-hybridized carbons (Fsp3) is 0.393. The van der Waals surface area contributed by atoms with Gasteiger partial charge in [0.15, 0.2) is 24.5 Å². The standard InChI is InChI=1S/C56H60N4/c1-36-5-16-53-43(26-36)19-23-57(53)49-12-8-40-9-13-50(33-47(40)32-49)58-24-20-44-29-39(6-17-54(44)58)30-46-31-45-21-25-60(56(45)28-38(46)3)52-15-11-41-10-14-51(34-48(41)35-52)59-22-18-42-7-4-37(2)27-55(42)59/h4-7,16-17,26-29,31-35,40-41H,8-15,18-25,30H2,1-3H3/q+2. The van der Waals surface area contributed by atoms with E-state index >= 15 is 0 Å². The van der Waals surface area contributed by atoms with Crippen LogP contribution in [0.1, 0.15) is 101 Å². The highest BCUT2D eigenvalue weighted by Crippen LogP contribution is 2.44. The zero-order chi connectivity index (χ0) is 40.1. The van der Waals surface area contributed by atoms with Crippen LogP contribution in [0.15, 0.2) is 114 Å². The van der Waals surface area contributed by atoms with E-state index in [-0.39, 0.29) is 0 Å². The molecule has 4 aromatic carbocycles. The Morgan fingerprint density at radius 3 is 1.85 bits per heavy atom. The SMILES string of the molecule is Cc1ccc2c(c1)CCN2C1=CC2=C/C(=[N+]3\CCc4cc(Cc5cc6c(cc5C)N(C5=CC7=C/C(=[N+]8\CCc9ccc(C)cc98)CCC7CC5)CC6)ccc43)CCC2CC1. The summed E-state index contributed by atoms with van der Waals surface area (Å²) in [6.45, 7) is 11.2. The highest BCUT2D eigenvalue weighted by Gasteiger charge is 2.36. The van der Waals surface area contributed by atoms with Crippen LogP contribution in [0.25, 0.3) is 0 Å². The number of allylic oxidation sites excluding steroid dienone is 8. The Hall–Kier alpha value is -5.22. The third-order valence-corrected chi connectivity index (χ3v) is 15.8. The second-order valence-corrected chi connectivity index (χ2v) is 19.5. The van der Waals surface area contributed by atoms with Crippen molar-refractivity contribution >= 4 is 34.2 Å². The van der Waals surface area contributed by atoms with Crippen LogP contribution in [0, 0.1) is 32.6 Å². The van der Waals surface area contributed by atoms with Crippen molar-refractivity contribution < 1.29 is 9.15 Å². The molecule has 0 saturated heterocycles. The van der Waals surface area contributed by atoms with Crippen LogP contribution in [0.2, 0.25) is 0 Å². The second-order valence-electron chi connectivity index (χ2n) is 19.5. The molecular weight excluding hydrogens is 729 g/mol. The Balaban J connectivity index is 0.771. The van der Waals surface area contributed by atoms with Gasteiger partial charge in [0.1, 0.15) is 0 Å². The maximum absolute atomic E-state index is 2.67. The molecule has 0 aromatic heterocycles. The molecule has 2 unspecified atom stereocenters. The van der Waals surface area contributed by atoms with Gasteiger partial charge in [0.05, 0.1) is 0 Å². The zero-order valence-corrected chi connectivity index (χ0v) is 36.1. The summed E-state index contributed by atoms with van der Waals surface area (Å²) < 4.78 is 5.28. The van der Waals surface area contributed by atoms with E-state index in [1.807, 2.05) is 0 Å². The molecule has 0 saturated carbocycles. The first-order chi connectivity index (χ1) is 29.4. The molecule has 0 spiro atoms. The number of fused-ring (bicyclic) bond motifs is 6. The van der Waals surface area contributed by atoms with E-state index in [0.717, 1.165) is 51.9 Å². The lowest BCUT2D eigenvalue weighted by Gasteiger charge is -2.32. The minimum absolute atomic E-state index is 0.707. The third-order valence-electron chi connectivity index (χ3n) is 15.8. The van der Waals surface area contributed by atoms with Crippen molar-refractivity contribution in [2.75, 3.05) is 36.0 Å². The maximum Gasteiger partial charge on any atom is 0.209 e. The summed E-state index contributed by atoms with van der Waals surface area (Å²) in [7, 11) is 0. The van der Waals surface area contributed by atoms with E-state index in [2.05, 4.69) is 131 Å². The molecule has 2 atom stereocenters. The van der Waals surface area contributed by atoms with Crippen molar-refractivity contribution in [1.29, 1.82) is 0 Å². The molecule has 0 bridgehead atoms. The van der Waals surface area contributed by atoms with Crippen molar-refractivity contribution in [3.05, 3.63) is 164 Å². The number of rotatable bonds is 4. The summed E-state index contributed by atoms with van der Waals surface area (Å²) in [5.41, 5.74) is 28.2. The summed E-state index contributed by atoms with van der Waals surface area (Å²) in [5.74, 6) is 1.42. The van der Waals surface area contributed by atoms with Gasteiger partial charge in [-0.25, -0.2) is 0 Å². The van der Waals surface area contributed by atoms with E-state index in [9.17, 15) is 0 Å². The number of hydrogen-bond acceptors (Lipinski definition) is 2. The number of aryl methyl sites for hydroxylation is 3. The second kappa shape index (κ2) is 14.5. The molecule has 4 heteroatoms. The van der Waals surface area contributed by atoms with E-state index < -0.39 is 0 Å². The van der Waals surface area contributed by atoms with E-state index in [0.29, 0.717) is 11.8 Å². The molecular formula is C56H60N4+2. The van der Waals surface area contributed by atoms with Gasteiger partial charge in [-0.15, -0.1) is 0 Å². The van der Waals surface area contributed by atoms with Crippen LogP contribution in [0.5, 0.6) is 0 Å². The Morgan fingerprint density at radius 1 is 0.500 bits per heavy atom. The largest absolute Gasteiger partial charge is 0.345 e. The van der Waals surface area contributed by atoms with Crippen LogP contribution in [0.3, 0.4) is 0 Å². The molecule has 4 aliphatic carbocycles. The summed E-state index contributed by atoms with van der Waals surface area (Å²) >= 11 is 0.